The summed E-state index contributed by atoms with van der Waals surface area (Å²) in [5.74, 6) is -23.4. The Kier molecular flexibility index (Phi) is 5.06. The van der Waals surface area contributed by atoms with Crippen molar-refractivity contribution in [2.24, 2.45) is 0 Å². The van der Waals surface area contributed by atoms with Crippen LogP contribution in [0, 0.1) is 40.7 Å². The second-order valence-corrected chi connectivity index (χ2v) is 6.15. The number of ether oxygens (including phenoxy) is 1. The van der Waals surface area contributed by atoms with Crippen LogP contribution in [0.1, 0.15) is 6.92 Å². The number of amides is 1. The first-order valence-corrected chi connectivity index (χ1v) is 7.89. The van der Waals surface area contributed by atoms with E-state index in [0.717, 1.165) is 0 Å². The number of alkyl halides is 2. The molecule has 1 aliphatic heterocycles. The quantitative estimate of drug-likeness (QED) is 0.426. The van der Waals surface area contributed by atoms with E-state index in [1.807, 2.05) is 0 Å². The van der Waals surface area contributed by atoms with Gasteiger partial charge in [0.2, 0.25) is 5.82 Å². The predicted molar refractivity (Wildman–Crippen MR) is 81.7 cm³/mol. The maximum absolute atomic E-state index is 15.1. The van der Waals surface area contributed by atoms with Gasteiger partial charge in [-0.3, -0.25) is 9.69 Å². The van der Waals surface area contributed by atoms with Crippen molar-refractivity contribution in [3.8, 4) is 16.9 Å². The Balaban J connectivity index is 2.43. The highest BCUT2D eigenvalue weighted by molar-refractivity contribution is 6.05. The molecular formula is C17H6F9NO4. The van der Waals surface area contributed by atoms with Crippen LogP contribution in [0.4, 0.5) is 45.2 Å². The molecule has 0 unspecified atom stereocenters. The molecule has 31 heavy (non-hydrogen) atoms. The minimum absolute atomic E-state index is 0.117. The Labute approximate surface area is 165 Å². The van der Waals surface area contributed by atoms with Crippen molar-refractivity contribution in [1.29, 1.82) is 0 Å². The Morgan fingerprint density at radius 2 is 1.42 bits per heavy atom. The smallest absolute Gasteiger partial charge is 0.480 e. The van der Waals surface area contributed by atoms with Gasteiger partial charge in [0.05, 0.1) is 11.1 Å². The van der Waals surface area contributed by atoms with Gasteiger partial charge in [-0.15, -0.1) is 0 Å². The lowest BCUT2D eigenvalue weighted by atomic mass is 9.99. The molecule has 0 saturated heterocycles. The van der Waals surface area contributed by atoms with Crippen molar-refractivity contribution in [1.82, 2.24) is 0 Å². The third-order valence-electron chi connectivity index (χ3n) is 4.31. The number of carboxylic acids is 1. The van der Waals surface area contributed by atoms with Crippen molar-refractivity contribution >= 4 is 17.6 Å². The summed E-state index contributed by atoms with van der Waals surface area (Å²) in [6.07, 6.45) is -4.79. The van der Waals surface area contributed by atoms with Gasteiger partial charge in [-0.1, -0.05) is 0 Å². The number of carbonyl (C=O) groups is 2. The van der Waals surface area contributed by atoms with Crippen LogP contribution < -0.4 is 9.64 Å². The molecule has 0 fully saturated rings. The number of carbonyl (C=O) groups excluding carboxylic acids is 1. The van der Waals surface area contributed by atoms with E-state index in [9.17, 15) is 44.7 Å². The predicted octanol–water partition coefficient (Wildman–Crippen LogP) is 4.12. The number of aliphatic carboxylic acids is 1. The third kappa shape index (κ3) is 3.13. The number of benzene rings is 2. The molecule has 1 N–H and O–H groups in total. The average Bonchev–Trinajstić information content (AvgIpc) is 2.68. The summed E-state index contributed by atoms with van der Waals surface area (Å²) in [7, 11) is 0. The maximum atomic E-state index is 15.1. The van der Waals surface area contributed by atoms with Crippen molar-refractivity contribution in [3.05, 3.63) is 46.8 Å². The summed E-state index contributed by atoms with van der Waals surface area (Å²) in [4.78, 5) is 22.7. The van der Waals surface area contributed by atoms with E-state index in [1.165, 1.54) is 0 Å². The molecule has 3 rings (SSSR count). The first-order chi connectivity index (χ1) is 14.2. The first kappa shape index (κ1) is 22.2. The molecule has 0 bridgehead atoms. The minimum Gasteiger partial charge on any atom is -0.480 e. The van der Waals surface area contributed by atoms with Gasteiger partial charge in [0.25, 0.3) is 0 Å². The topological polar surface area (TPSA) is 66.8 Å². The first-order valence-electron chi connectivity index (χ1n) is 7.89. The van der Waals surface area contributed by atoms with Gasteiger partial charge in [-0.05, 0) is 6.92 Å². The lowest BCUT2D eigenvalue weighted by Gasteiger charge is -2.36. The number of hydrogen-bond donors (Lipinski definition) is 1. The molecule has 166 valence electrons. The van der Waals surface area contributed by atoms with Gasteiger partial charge in [0.1, 0.15) is 17.5 Å². The minimum atomic E-state index is -4.79. The molecule has 0 spiro atoms. The number of rotatable bonds is 3. The number of halogens is 9. The highest BCUT2D eigenvalue weighted by atomic mass is 19.3. The van der Waals surface area contributed by atoms with Crippen LogP contribution in [0.5, 0.6) is 5.75 Å². The Hall–Kier alpha value is -3.45. The normalized spacial score (nSPS) is 16.1. The summed E-state index contributed by atoms with van der Waals surface area (Å²) in [5, 5.41) is 9.03. The van der Waals surface area contributed by atoms with Crippen molar-refractivity contribution in [2.45, 2.75) is 19.1 Å². The van der Waals surface area contributed by atoms with Crippen LogP contribution in [0.25, 0.3) is 11.1 Å². The fraction of sp³-hybridized carbons (Fsp3) is 0.176. The number of carboxylic acid groups (broad SMARTS) is 1. The molecule has 0 saturated carbocycles. The fourth-order valence-electron chi connectivity index (χ4n) is 2.85. The van der Waals surface area contributed by atoms with E-state index in [-0.39, 0.29) is 6.07 Å². The van der Waals surface area contributed by atoms with E-state index in [2.05, 4.69) is 4.74 Å². The standard InChI is InChI=1S/C17H6F9NO4/c1-3(15(28)29)27-14-5(31-17(25,26)16(27)30)2-4(18)6(10(14)21)7-8(19)11(22)13(24)12(23)9(7)20/h2-3H,1H3,(H,28,29)/t3-/m0/s1. The van der Waals surface area contributed by atoms with Crippen molar-refractivity contribution in [2.75, 3.05) is 4.90 Å². The van der Waals surface area contributed by atoms with E-state index in [0.29, 0.717) is 6.92 Å². The molecule has 0 aromatic heterocycles. The second kappa shape index (κ2) is 7.06. The van der Waals surface area contributed by atoms with Crippen molar-refractivity contribution in [3.63, 3.8) is 0 Å². The molecule has 0 aliphatic carbocycles. The number of nitrogens with zero attached hydrogens (tertiary/aromatic N) is 1. The largest absolute Gasteiger partial charge is 0.483 e. The lowest BCUT2D eigenvalue weighted by Crippen LogP contribution is -2.56. The molecule has 14 heteroatoms. The number of anilines is 1. The molecule has 1 atom stereocenters. The Morgan fingerprint density at radius 3 is 1.90 bits per heavy atom. The highest BCUT2D eigenvalue weighted by Gasteiger charge is 2.54. The average molecular weight is 459 g/mol. The Morgan fingerprint density at radius 1 is 0.935 bits per heavy atom. The molecule has 2 aromatic rings. The van der Waals surface area contributed by atoms with Gasteiger partial charge in [-0.2, -0.15) is 8.78 Å². The van der Waals surface area contributed by atoms with Crippen LogP contribution in [-0.2, 0) is 9.59 Å². The van der Waals surface area contributed by atoms with Crippen LogP contribution in [-0.4, -0.2) is 29.1 Å². The van der Waals surface area contributed by atoms with Crippen LogP contribution in [0.2, 0.25) is 0 Å². The van der Waals surface area contributed by atoms with Gasteiger partial charge in [-0.25, -0.2) is 35.5 Å². The fourth-order valence-corrected chi connectivity index (χ4v) is 2.85. The van der Waals surface area contributed by atoms with E-state index in [1.54, 1.807) is 0 Å². The zero-order chi connectivity index (χ0) is 23.6. The zero-order valence-corrected chi connectivity index (χ0v) is 14.7. The van der Waals surface area contributed by atoms with Gasteiger partial charge >= 0.3 is 18.0 Å². The van der Waals surface area contributed by atoms with Crippen LogP contribution >= 0.6 is 0 Å². The molecule has 1 amide bonds. The monoisotopic (exact) mass is 459 g/mol. The second-order valence-electron chi connectivity index (χ2n) is 6.15. The molecule has 1 heterocycles. The molecule has 2 aromatic carbocycles. The van der Waals surface area contributed by atoms with E-state index >= 15 is 4.39 Å². The summed E-state index contributed by atoms with van der Waals surface area (Å²) in [6, 6.07) is -2.36. The van der Waals surface area contributed by atoms with Crippen LogP contribution in [0.3, 0.4) is 0 Å². The van der Waals surface area contributed by atoms with Crippen molar-refractivity contribution < 1.29 is 58.9 Å². The summed E-state index contributed by atoms with van der Waals surface area (Å²) < 4.78 is 129. The summed E-state index contributed by atoms with van der Waals surface area (Å²) >= 11 is 0. The third-order valence-corrected chi connectivity index (χ3v) is 4.31. The van der Waals surface area contributed by atoms with Gasteiger partial charge < -0.3 is 9.84 Å². The number of fused-ring (bicyclic) bond motifs is 1. The maximum Gasteiger partial charge on any atom is 0.483 e. The van der Waals surface area contributed by atoms with Gasteiger partial charge in [0, 0.05) is 6.07 Å². The Bertz CT molecular complexity index is 1120. The summed E-state index contributed by atoms with van der Waals surface area (Å²) in [6.45, 7) is 0.631. The van der Waals surface area contributed by atoms with Crippen LogP contribution in [0.15, 0.2) is 6.07 Å². The SMILES string of the molecule is C[C@@H](C(=O)O)N1C(=O)C(F)(F)Oc2cc(F)c(-c3c(F)c(F)c(F)c(F)c3F)c(F)c21. The van der Waals surface area contributed by atoms with E-state index < -0.39 is 92.2 Å². The van der Waals surface area contributed by atoms with E-state index in [4.69, 9.17) is 5.11 Å². The molecule has 5 nitrogen and oxygen atoms in total. The zero-order valence-electron chi connectivity index (χ0n) is 14.7. The number of hydrogen-bond acceptors (Lipinski definition) is 3. The highest BCUT2D eigenvalue weighted by Crippen LogP contribution is 2.47. The molecule has 0 radical (unpaired) electrons. The van der Waals surface area contributed by atoms with Gasteiger partial charge in [0.15, 0.2) is 34.8 Å². The molecular weight excluding hydrogens is 453 g/mol. The molecule has 1 aliphatic rings. The lowest BCUT2D eigenvalue weighted by molar-refractivity contribution is -0.193. The summed E-state index contributed by atoms with van der Waals surface area (Å²) in [5.41, 5.74) is -5.55.